The Morgan fingerprint density at radius 1 is 1.08 bits per heavy atom. The molecule has 0 bridgehead atoms. The zero-order chi connectivity index (χ0) is 17.5. The zero-order valence-electron chi connectivity index (χ0n) is 13.3. The van der Waals surface area contributed by atoms with Crippen LogP contribution in [0, 0.1) is 0 Å². The summed E-state index contributed by atoms with van der Waals surface area (Å²) in [6.45, 7) is 4.35. The van der Waals surface area contributed by atoms with Crippen LogP contribution in [0.15, 0.2) is 54.6 Å². The summed E-state index contributed by atoms with van der Waals surface area (Å²) >= 11 is 0. The molecule has 6 heteroatoms. The van der Waals surface area contributed by atoms with E-state index in [2.05, 4.69) is 59.3 Å². The van der Waals surface area contributed by atoms with Crippen LogP contribution < -0.4 is 5.32 Å². The number of carboxylic acid groups (broad SMARTS) is 2. The van der Waals surface area contributed by atoms with Crippen LogP contribution in [0.3, 0.4) is 0 Å². The van der Waals surface area contributed by atoms with Crippen LogP contribution in [0.4, 0.5) is 0 Å². The van der Waals surface area contributed by atoms with Crippen LogP contribution in [-0.2, 0) is 16.1 Å². The first-order valence-electron chi connectivity index (χ1n) is 7.61. The Bertz CT molecular complexity index is 719. The highest BCUT2D eigenvalue weighted by molar-refractivity contribution is 5.89. The highest BCUT2D eigenvalue weighted by Gasteiger charge is 2.18. The van der Waals surface area contributed by atoms with Gasteiger partial charge in [-0.15, -0.1) is 0 Å². The quantitative estimate of drug-likeness (QED) is 0.753. The van der Waals surface area contributed by atoms with E-state index in [0.29, 0.717) is 18.2 Å². The Labute approximate surface area is 140 Å². The number of carboxylic acids is 2. The monoisotopic (exact) mass is 328 g/mol. The van der Waals surface area contributed by atoms with E-state index in [1.54, 1.807) is 0 Å². The molecule has 0 saturated heterocycles. The average Bonchev–Trinajstić information content (AvgIpc) is 3.00. The van der Waals surface area contributed by atoms with Gasteiger partial charge in [0.2, 0.25) is 0 Å². The minimum Gasteiger partial charge on any atom is -0.478 e. The molecule has 1 aromatic heterocycles. The van der Waals surface area contributed by atoms with Gasteiger partial charge >= 0.3 is 11.9 Å². The van der Waals surface area contributed by atoms with Crippen molar-refractivity contribution in [3.63, 3.8) is 0 Å². The van der Waals surface area contributed by atoms with E-state index in [0.717, 1.165) is 13.1 Å². The largest absolute Gasteiger partial charge is 0.478 e. The van der Waals surface area contributed by atoms with Crippen molar-refractivity contribution in [2.75, 3.05) is 6.54 Å². The second kappa shape index (κ2) is 8.12. The molecule has 0 aliphatic carbocycles. The molecule has 24 heavy (non-hydrogen) atoms. The van der Waals surface area contributed by atoms with Crippen molar-refractivity contribution in [1.82, 2.24) is 9.88 Å². The van der Waals surface area contributed by atoms with Crippen molar-refractivity contribution in [1.29, 1.82) is 0 Å². The molecule has 2 aromatic rings. The number of fused-ring (bicyclic) bond motifs is 1. The summed E-state index contributed by atoms with van der Waals surface area (Å²) < 4.78 is 2.43. The zero-order valence-corrected chi connectivity index (χ0v) is 13.3. The maximum absolute atomic E-state index is 9.55. The standard InChI is InChI=1S/C14H16N2.C4H4O4/c1-11-13-7-8-14(16(13)10-9-15-11)12-5-3-2-4-6-12;5-3(6)1-2-4(7)8/h2-8,11,15H,9-10H2,1H3;1-2H,(H,5,6)(H,7,8)/b;2-1+. The Morgan fingerprint density at radius 3 is 2.29 bits per heavy atom. The molecular formula is C18H20N2O4. The summed E-state index contributed by atoms with van der Waals surface area (Å²) in [4.78, 5) is 19.1. The van der Waals surface area contributed by atoms with Gasteiger partial charge in [-0.1, -0.05) is 30.3 Å². The van der Waals surface area contributed by atoms with Crippen LogP contribution in [-0.4, -0.2) is 33.3 Å². The topological polar surface area (TPSA) is 91.6 Å². The molecule has 3 rings (SSSR count). The second-order valence-electron chi connectivity index (χ2n) is 5.35. The van der Waals surface area contributed by atoms with E-state index < -0.39 is 11.9 Å². The molecule has 1 atom stereocenters. The summed E-state index contributed by atoms with van der Waals surface area (Å²) in [5, 5.41) is 19.1. The first-order valence-corrected chi connectivity index (χ1v) is 7.61. The number of hydrogen-bond donors (Lipinski definition) is 3. The van der Waals surface area contributed by atoms with Crippen LogP contribution in [0.25, 0.3) is 11.3 Å². The van der Waals surface area contributed by atoms with Gasteiger partial charge in [-0.2, -0.15) is 0 Å². The lowest BCUT2D eigenvalue weighted by atomic mass is 10.1. The fraction of sp³-hybridized carbons (Fsp3) is 0.222. The Hall–Kier alpha value is -2.86. The minimum atomic E-state index is -1.26. The van der Waals surface area contributed by atoms with E-state index >= 15 is 0 Å². The third-order valence-electron chi connectivity index (χ3n) is 3.68. The molecule has 0 saturated carbocycles. The molecule has 2 heterocycles. The van der Waals surface area contributed by atoms with Crippen LogP contribution >= 0.6 is 0 Å². The third kappa shape index (κ3) is 4.57. The van der Waals surface area contributed by atoms with Crippen molar-refractivity contribution in [2.24, 2.45) is 0 Å². The highest BCUT2D eigenvalue weighted by atomic mass is 16.4. The maximum atomic E-state index is 9.55. The Kier molecular flexibility index (Phi) is 5.92. The summed E-state index contributed by atoms with van der Waals surface area (Å²) in [6.07, 6.45) is 1.12. The van der Waals surface area contributed by atoms with Gasteiger partial charge in [0.05, 0.1) is 0 Å². The second-order valence-corrected chi connectivity index (χ2v) is 5.35. The first-order chi connectivity index (χ1) is 11.5. The lowest BCUT2D eigenvalue weighted by Crippen LogP contribution is -2.31. The van der Waals surface area contributed by atoms with Crippen LogP contribution in [0.5, 0.6) is 0 Å². The van der Waals surface area contributed by atoms with Crippen molar-refractivity contribution >= 4 is 11.9 Å². The van der Waals surface area contributed by atoms with Crippen molar-refractivity contribution < 1.29 is 19.8 Å². The van der Waals surface area contributed by atoms with E-state index in [9.17, 15) is 9.59 Å². The molecule has 0 spiro atoms. The molecule has 126 valence electrons. The van der Waals surface area contributed by atoms with Crippen LogP contribution in [0.1, 0.15) is 18.7 Å². The third-order valence-corrected chi connectivity index (χ3v) is 3.68. The van der Waals surface area contributed by atoms with E-state index in [1.807, 2.05) is 0 Å². The summed E-state index contributed by atoms with van der Waals surface area (Å²) in [7, 11) is 0. The Morgan fingerprint density at radius 2 is 1.71 bits per heavy atom. The molecule has 0 amide bonds. The van der Waals surface area contributed by atoms with Gasteiger partial charge in [-0.25, -0.2) is 9.59 Å². The van der Waals surface area contributed by atoms with Gasteiger partial charge in [0.15, 0.2) is 0 Å². The Balaban J connectivity index is 0.000000224. The SMILES string of the molecule is CC1NCCn2c(-c3ccccc3)ccc21.O=C(O)/C=C/C(=O)O. The van der Waals surface area contributed by atoms with Gasteiger partial charge in [-0.05, 0) is 24.6 Å². The summed E-state index contributed by atoms with van der Waals surface area (Å²) in [5.41, 5.74) is 4.04. The molecule has 1 unspecified atom stereocenters. The number of hydrogen-bond acceptors (Lipinski definition) is 3. The lowest BCUT2D eigenvalue weighted by Gasteiger charge is -2.25. The van der Waals surface area contributed by atoms with Crippen molar-refractivity contribution in [3.8, 4) is 11.3 Å². The number of aliphatic carboxylic acids is 2. The minimum absolute atomic E-state index is 0.464. The maximum Gasteiger partial charge on any atom is 0.328 e. The van der Waals surface area contributed by atoms with E-state index in [-0.39, 0.29) is 0 Å². The summed E-state index contributed by atoms with van der Waals surface area (Å²) in [5.74, 6) is -2.51. The number of carbonyl (C=O) groups is 2. The molecule has 1 aliphatic heterocycles. The van der Waals surface area contributed by atoms with E-state index in [4.69, 9.17) is 10.2 Å². The van der Waals surface area contributed by atoms with Gasteiger partial charge in [0.25, 0.3) is 0 Å². The van der Waals surface area contributed by atoms with E-state index in [1.165, 1.54) is 17.0 Å². The van der Waals surface area contributed by atoms with Crippen LogP contribution in [0.2, 0.25) is 0 Å². The number of aromatic nitrogens is 1. The van der Waals surface area contributed by atoms with Crippen molar-refractivity contribution in [3.05, 3.63) is 60.3 Å². The smallest absolute Gasteiger partial charge is 0.328 e. The number of benzene rings is 1. The normalized spacial score (nSPS) is 16.1. The number of nitrogens with zero attached hydrogens (tertiary/aromatic N) is 1. The fourth-order valence-electron chi connectivity index (χ4n) is 2.61. The van der Waals surface area contributed by atoms with Crippen molar-refractivity contribution in [2.45, 2.75) is 19.5 Å². The molecule has 1 aliphatic rings. The molecule has 0 fully saturated rings. The fourth-order valence-corrected chi connectivity index (χ4v) is 2.61. The molecular weight excluding hydrogens is 308 g/mol. The van der Waals surface area contributed by atoms with Gasteiger partial charge < -0.3 is 20.1 Å². The summed E-state index contributed by atoms with van der Waals surface area (Å²) in [6, 6.07) is 15.5. The average molecular weight is 328 g/mol. The molecule has 6 nitrogen and oxygen atoms in total. The molecule has 3 N–H and O–H groups in total. The highest BCUT2D eigenvalue weighted by Crippen LogP contribution is 2.27. The predicted molar refractivity (Wildman–Crippen MR) is 90.7 cm³/mol. The molecule has 1 aromatic carbocycles. The first kappa shape index (κ1) is 17.5. The molecule has 0 radical (unpaired) electrons. The predicted octanol–water partition coefficient (Wildman–Crippen LogP) is 2.53. The van der Waals surface area contributed by atoms with Gasteiger partial charge in [0.1, 0.15) is 0 Å². The van der Waals surface area contributed by atoms with Gasteiger partial charge in [0, 0.05) is 42.7 Å². The van der Waals surface area contributed by atoms with Gasteiger partial charge in [-0.3, -0.25) is 0 Å². The number of nitrogens with one attached hydrogen (secondary N) is 1. The number of rotatable bonds is 3. The lowest BCUT2D eigenvalue weighted by molar-refractivity contribution is -0.134.